The Hall–Kier alpha value is -1.72. The number of benzene rings is 2. The van der Waals surface area contributed by atoms with Gasteiger partial charge in [0, 0.05) is 19.3 Å². The fourth-order valence-electron chi connectivity index (χ4n) is 4.70. The molecule has 3 aliphatic rings. The van der Waals surface area contributed by atoms with Crippen molar-refractivity contribution >= 4 is 0 Å². The highest BCUT2D eigenvalue weighted by Gasteiger charge is 2.58. The molecule has 0 radical (unpaired) electrons. The number of rotatable bonds is 5. The lowest BCUT2D eigenvalue weighted by molar-refractivity contribution is -0.248. The van der Waals surface area contributed by atoms with E-state index < -0.39 is 5.79 Å². The van der Waals surface area contributed by atoms with Crippen LogP contribution in [-0.4, -0.2) is 30.4 Å². The molecule has 3 fully saturated rings. The molecule has 0 amide bonds. The van der Waals surface area contributed by atoms with Crippen LogP contribution in [0.1, 0.15) is 43.2 Å². The van der Waals surface area contributed by atoms with Crippen molar-refractivity contribution in [1.82, 2.24) is 0 Å². The lowest BCUT2D eigenvalue weighted by atomic mass is 9.94. The molecule has 1 aliphatic carbocycles. The van der Waals surface area contributed by atoms with Gasteiger partial charge < -0.3 is 18.9 Å². The predicted molar refractivity (Wildman–Crippen MR) is 106 cm³/mol. The van der Waals surface area contributed by atoms with Gasteiger partial charge in [-0.25, -0.2) is 0 Å². The quantitative estimate of drug-likeness (QED) is 0.759. The van der Waals surface area contributed by atoms with Crippen LogP contribution in [0, 0.1) is 0 Å². The van der Waals surface area contributed by atoms with Gasteiger partial charge in [0.05, 0.1) is 12.7 Å². The number of ether oxygens (including phenoxy) is 4. The van der Waals surface area contributed by atoms with Gasteiger partial charge in [0.2, 0.25) is 0 Å². The summed E-state index contributed by atoms with van der Waals surface area (Å²) in [5.41, 5.74) is 2.41. The summed E-state index contributed by atoms with van der Waals surface area (Å²) in [6, 6.07) is 20.7. The average molecular weight is 380 g/mol. The van der Waals surface area contributed by atoms with Crippen LogP contribution in [0.25, 0.3) is 0 Å². The molecule has 2 heterocycles. The van der Waals surface area contributed by atoms with Gasteiger partial charge in [-0.2, -0.15) is 0 Å². The summed E-state index contributed by atoms with van der Waals surface area (Å²) < 4.78 is 25.6. The molecule has 2 saturated heterocycles. The van der Waals surface area contributed by atoms with Crippen molar-refractivity contribution < 1.29 is 18.9 Å². The molecule has 4 nitrogen and oxygen atoms in total. The molecule has 0 unspecified atom stereocenters. The van der Waals surface area contributed by atoms with Gasteiger partial charge in [-0.3, -0.25) is 0 Å². The molecule has 0 N–H and O–H groups in total. The monoisotopic (exact) mass is 380 g/mol. The Kier molecular flexibility index (Phi) is 5.20. The van der Waals surface area contributed by atoms with E-state index in [4.69, 9.17) is 18.9 Å². The van der Waals surface area contributed by atoms with Crippen molar-refractivity contribution in [1.29, 1.82) is 0 Å². The standard InChI is InChI=1S/C24H28O4/c1-4-10-18(11-5-1)16-20-21(25-17-19-12-6-2-7-13-19)22-23(26-20)28-24(27-22)14-8-3-9-15-24/h1-2,4-7,10-13,20-23H,3,8-9,14-17H2/t20-,21+,22-,23-/m1/s1. The molecule has 148 valence electrons. The fraction of sp³-hybridized carbons (Fsp3) is 0.500. The van der Waals surface area contributed by atoms with Crippen molar-refractivity contribution in [3.63, 3.8) is 0 Å². The summed E-state index contributed by atoms with van der Waals surface area (Å²) >= 11 is 0. The van der Waals surface area contributed by atoms with E-state index in [1.54, 1.807) is 0 Å². The SMILES string of the molecule is c1ccc(CO[C@@H]2[C@H]3OC4(CCCCC4)O[C@H]3O[C@@H]2Cc2ccccc2)cc1. The molecule has 2 aliphatic heterocycles. The van der Waals surface area contributed by atoms with Gasteiger partial charge in [-0.05, 0) is 24.0 Å². The Bertz CT molecular complexity index is 757. The molecular weight excluding hydrogens is 352 g/mol. The molecule has 2 aromatic rings. The van der Waals surface area contributed by atoms with Crippen LogP contribution < -0.4 is 0 Å². The van der Waals surface area contributed by atoms with Crippen molar-refractivity contribution in [2.24, 2.45) is 0 Å². The Balaban J connectivity index is 1.33. The normalized spacial score (nSPS) is 31.1. The minimum absolute atomic E-state index is 0.0675. The number of fused-ring (bicyclic) bond motifs is 1. The maximum Gasteiger partial charge on any atom is 0.190 e. The number of hydrogen-bond acceptors (Lipinski definition) is 4. The van der Waals surface area contributed by atoms with E-state index in [9.17, 15) is 0 Å². The van der Waals surface area contributed by atoms with Crippen molar-refractivity contribution in [3.05, 3.63) is 71.8 Å². The first kappa shape index (κ1) is 18.3. The van der Waals surface area contributed by atoms with Crippen molar-refractivity contribution in [3.8, 4) is 0 Å². The van der Waals surface area contributed by atoms with E-state index in [0.717, 1.165) is 37.7 Å². The van der Waals surface area contributed by atoms with Crippen LogP contribution in [0.2, 0.25) is 0 Å². The first-order valence-electron chi connectivity index (χ1n) is 10.5. The molecule has 5 rings (SSSR count). The van der Waals surface area contributed by atoms with Crippen LogP contribution in [-0.2, 0) is 32.0 Å². The Labute approximate surface area is 166 Å². The highest BCUT2D eigenvalue weighted by molar-refractivity contribution is 5.17. The van der Waals surface area contributed by atoms with E-state index in [1.165, 1.54) is 12.0 Å². The highest BCUT2D eigenvalue weighted by Crippen LogP contribution is 2.46. The molecular formula is C24H28O4. The second kappa shape index (κ2) is 7.96. The Morgan fingerprint density at radius 3 is 2.21 bits per heavy atom. The third kappa shape index (κ3) is 3.74. The summed E-state index contributed by atoms with van der Waals surface area (Å²) in [4.78, 5) is 0. The van der Waals surface area contributed by atoms with Crippen LogP contribution >= 0.6 is 0 Å². The zero-order valence-electron chi connectivity index (χ0n) is 16.2. The van der Waals surface area contributed by atoms with Crippen LogP contribution in [0.3, 0.4) is 0 Å². The van der Waals surface area contributed by atoms with Gasteiger partial charge in [-0.15, -0.1) is 0 Å². The van der Waals surface area contributed by atoms with E-state index >= 15 is 0 Å². The van der Waals surface area contributed by atoms with E-state index in [-0.39, 0.29) is 24.6 Å². The first-order chi connectivity index (χ1) is 13.8. The van der Waals surface area contributed by atoms with Gasteiger partial charge in [-0.1, -0.05) is 67.1 Å². The smallest absolute Gasteiger partial charge is 0.190 e. The lowest BCUT2D eigenvalue weighted by Gasteiger charge is -2.34. The molecule has 1 saturated carbocycles. The van der Waals surface area contributed by atoms with Crippen LogP contribution in [0.4, 0.5) is 0 Å². The highest BCUT2D eigenvalue weighted by atomic mass is 16.8. The third-order valence-corrected chi connectivity index (χ3v) is 6.13. The largest absolute Gasteiger partial charge is 0.368 e. The predicted octanol–water partition coefficient (Wildman–Crippen LogP) is 4.62. The van der Waals surface area contributed by atoms with Crippen molar-refractivity contribution in [2.75, 3.05) is 0 Å². The number of hydrogen-bond donors (Lipinski definition) is 0. The van der Waals surface area contributed by atoms with Gasteiger partial charge in [0.15, 0.2) is 12.1 Å². The summed E-state index contributed by atoms with van der Waals surface area (Å²) in [6.07, 6.45) is 5.60. The van der Waals surface area contributed by atoms with Crippen LogP contribution in [0.5, 0.6) is 0 Å². The lowest BCUT2D eigenvalue weighted by Crippen LogP contribution is -2.40. The molecule has 4 atom stereocenters. The maximum absolute atomic E-state index is 6.51. The maximum atomic E-state index is 6.51. The van der Waals surface area contributed by atoms with E-state index in [0.29, 0.717) is 6.61 Å². The van der Waals surface area contributed by atoms with Crippen LogP contribution in [0.15, 0.2) is 60.7 Å². The summed E-state index contributed by atoms with van der Waals surface area (Å²) in [5, 5.41) is 0. The molecule has 0 aromatic heterocycles. The third-order valence-electron chi connectivity index (χ3n) is 6.13. The zero-order chi connectivity index (χ0) is 18.8. The molecule has 4 heteroatoms. The summed E-state index contributed by atoms with van der Waals surface area (Å²) in [5.74, 6) is -0.459. The van der Waals surface area contributed by atoms with Gasteiger partial charge in [0.25, 0.3) is 0 Å². The average Bonchev–Trinajstić information content (AvgIpc) is 3.22. The minimum Gasteiger partial charge on any atom is -0.368 e. The topological polar surface area (TPSA) is 36.9 Å². The van der Waals surface area contributed by atoms with Crippen molar-refractivity contribution in [2.45, 2.75) is 75.5 Å². The van der Waals surface area contributed by atoms with Gasteiger partial charge in [0.1, 0.15) is 12.2 Å². The molecule has 28 heavy (non-hydrogen) atoms. The second-order valence-corrected chi connectivity index (χ2v) is 8.17. The molecule has 0 bridgehead atoms. The Morgan fingerprint density at radius 1 is 0.821 bits per heavy atom. The fourth-order valence-corrected chi connectivity index (χ4v) is 4.70. The van der Waals surface area contributed by atoms with Gasteiger partial charge >= 0.3 is 0 Å². The summed E-state index contributed by atoms with van der Waals surface area (Å²) in [7, 11) is 0. The molecule has 2 aromatic carbocycles. The summed E-state index contributed by atoms with van der Waals surface area (Å²) in [6.45, 7) is 0.555. The van der Waals surface area contributed by atoms with E-state index in [1.807, 2.05) is 24.3 Å². The molecule has 1 spiro atoms. The first-order valence-corrected chi connectivity index (χ1v) is 10.5. The Morgan fingerprint density at radius 2 is 1.50 bits per heavy atom. The second-order valence-electron chi connectivity index (χ2n) is 8.17. The minimum atomic E-state index is -0.459. The zero-order valence-corrected chi connectivity index (χ0v) is 16.2. The van der Waals surface area contributed by atoms with E-state index in [2.05, 4.69) is 36.4 Å².